The van der Waals surface area contributed by atoms with Gasteiger partial charge < -0.3 is 10.1 Å². The van der Waals surface area contributed by atoms with Gasteiger partial charge in [0.05, 0.1) is 12.3 Å². The van der Waals surface area contributed by atoms with E-state index in [2.05, 4.69) is 27.2 Å². The second kappa shape index (κ2) is 6.96. The van der Waals surface area contributed by atoms with Crippen molar-refractivity contribution < 1.29 is 4.74 Å². The lowest BCUT2D eigenvalue weighted by Crippen LogP contribution is -2.06. The highest BCUT2D eigenvalue weighted by molar-refractivity contribution is 5.60. The molecule has 0 saturated heterocycles. The Labute approximate surface area is 119 Å². The fourth-order valence-corrected chi connectivity index (χ4v) is 1.91. The summed E-state index contributed by atoms with van der Waals surface area (Å²) in [7, 11) is 1.67. The molecule has 0 radical (unpaired) electrons. The van der Waals surface area contributed by atoms with Gasteiger partial charge in [-0.25, -0.2) is 9.97 Å². The minimum atomic E-state index is 0.473. The van der Waals surface area contributed by atoms with Crippen LogP contribution < -0.4 is 5.32 Å². The predicted molar refractivity (Wildman–Crippen MR) is 79.5 cm³/mol. The van der Waals surface area contributed by atoms with E-state index < -0.39 is 0 Å². The summed E-state index contributed by atoms with van der Waals surface area (Å²) in [6, 6.07) is 3.87. The molecule has 5 nitrogen and oxygen atoms in total. The van der Waals surface area contributed by atoms with E-state index in [1.165, 1.54) is 0 Å². The number of rotatable bonds is 6. The molecule has 0 amide bonds. The lowest BCUT2D eigenvalue weighted by Gasteiger charge is -2.10. The quantitative estimate of drug-likeness (QED) is 0.876. The molecule has 0 saturated carbocycles. The summed E-state index contributed by atoms with van der Waals surface area (Å²) in [6.07, 6.45) is 4.63. The molecule has 2 aromatic heterocycles. The lowest BCUT2D eigenvalue weighted by atomic mass is 10.1. The molecule has 0 bridgehead atoms. The van der Waals surface area contributed by atoms with Crippen molar-refractivity contribution in [1.82, 2.24) is 15.0 Å². The van der Waals surface area contributed by atoms with Crippen molar-refractivity contribution in [2.45, 2.75) is 26.9 Å². The fourth-order valence-electron chi connectivity index (χ4n) is 1.91. The molecule has 0 aliphatic heterocycles. The summed E-state index contributed by atoms with van der Waals surface area (Å²) in [5.74, 6) is 1.54. The van der Waals surface area contributed by atoms with Crippen LogP contribution in [0.3, 0.4) is 0 Å². The van der Waals surface area contributed by atoms with Gasteiger partial charge >= 0.3 is 0 Å². The van der Waals surface area contributed by atoms with Crippen molar-refractivity contribution in [3.05, 3.63) is 35.8 Å². The number of ether oxygens (including phenoxy) is 1. The summed E-state index contributed by atoms with van der Waals surface area (Å²) in [6.45, 7) is 5.49. The first-order valence-electron chi connectivity index (χ1n) is 6.76. The minimum absolute atomic E-state index is 0.473. The standard InChI is InChI=1S/C15H20N4O/c1-4-6-17-14-8-12(10-20-3)18-15(19-14)13-5-7-16-9-11(13)2/h5,7-9H,4,6,10H2,1-3H3,(H,17,18,19). The number of anilines is 1. The van der Waals surface area contributed by atoms with Crippen LogP contribution in [0, 0.1) is 6.92 Å². The van der Waals surface area contributed by atoms with Gasteiger partial charge in [0.2, 0.25) is 0 Å². The van der Waals surface area contributed by atoms with Crippen LogP contribution in [0.1, 0.15) is 24.6 Å². The van der Waals surface area contributed by atoms with Gasteiger partial charge in [0, 0.05) is 37.7 Å². The average Bonchev–Trinajstić information content (AvgIpc) is 2.46. The molecule has 2 heterocycles. The van der Waals surface area contributed by atoms with E-state index in [1.54, 1.807) is 13.3 Å². The summed E-state index contributed by atoms with van der Waals surface area (Å²) in [5.41, 5.74) is 2.92. The van der Waals surface area contributed by atoms with Crippen molar-refractivity contribution in [1.29, 1.82) is 0 Å². The molecule has 20 heavy (non-hydrogen) atoms. The number of hydrogen-bond acceptors (Lipinski definition) is 5. The van der Waals surface area contributed by atoms with E-state index in [9.17, 15) is 0 Å². The third-order valence-corrected chi connectivity index (χ3v) is 2.89. The van der Waals surface area contributed by atoms with Crippen molar-refractivity contribution in [2.75, 3.05) is 19.0 Å². The Bertz CT molecular complexity index is 572. The molecule has 2 rings (SSSR count). The van der Waals surface area contributed by atoms with Gasteiger partial charge in [-0.3, -0.25) is 4.98 Å². The molecule has 0 spiro atoms. The first-order valence-corrected chi connectivity index (χ1v) is 6.76. The molecule has 0 aliphatic rings. The van der Waals surface area contributed by atoms with Crippen LogP contribution in [0.2, 0.25) is 0 Å². The van der Waals surface area contributed by atoms with E-state index in [0.717, 1.165) is 35.6 Å². The number of methoxy groups -OCH3 is 1. The molecule has 0 unspecified atom stereocenters. The molecule has 5 heteroatoms. The Balaban J connectivity index is 2.40. The van der Waals surface area contributed by atoms with Crippen LogP contribution >= 0.6 is 0 Å². The summed E-state index contributed by atoms with van der Waals surface area (Å²) >= 11 is 0. The Hall–Kier alpha value is -2.01. The second-order valence-corrected chi connectivity index (χ2v) is 4.62. The number of nitrogens with one attached hydrogen (secondary N) is 1. The number of nitrogens with zero attached hydrogens (tertiary/aromatic N) is 3. The van der Waals surface area contributed by atoms with E-state index in [0.29, 0.717) is 12.4 Å². The minimum Gasteiger partial charge on any atom is -0.378 e. The lowest BCUT2D eigenvalue weighted by molar-refractivity contribution is 0.181. The van der Waals surface area contributed by atoms with Gasteiger partial charge in [0.15, 0.2) is 5.82 Å². The highest BCUT2D eigenvalue weighted by Gasteiger charge is 2.09. The monoisotopic (exact) mass is 272 g/mol. The normalized spacial score (nSPS) is 10.6. The van der Waals surface area contributed by atoms with Crippen LogP contribution in [0.4, 0.5) is 5.82 Å². The Morgan fingerprint density at radius 3 is 2.85 bits per heavy atom. The number of aryl methyl sites for hydroxylation is 1. The van der Waals surface area contributed by atoms with Gasteiger partial charge in [-0.2, -0.15) is 0 Å². The van der Waals surface area contributed by atoms with Gasteiger partial charge in [0.1, 0.15) is 5.82 Å². The number of hydrogen-bond donors (Lipinski definition) is 1. The highest BCUT2D eigenvalue weighted by atomic mass is 16.5. The number of aromatic nitrogens is 3. The first-order chi connectivity index (χ1) is 9.74. The van der Waals surface area contributed by atoms with Crippen molar-refractivity contribution >= 4 is 5.82 Å². The zero-order valence-electron chi connectivity index (χ0n) is 12.2. The molecule has 106 valence electrons. The SMILES string of the molecule is CCCNc1cc(COC)nc(-c2ccncc2C)n1. The van der Waals surface area contributed by atoms with Crippen LogP contribution in [0.5, 0.6) is 0 Å². The summed E-state index contributed by atoms with van der Waals surface area (Å²) in [4.78, 5) is 13.2. The molecule has 0 aromatic carbocycles. The van der Waals surface area contributed by atoms with Crippen LogP contribution in [-0.4, -0.2) is 28.6 Å². The zero-order chi connectivity index (χ0) is 14.4. The molecule has 0 aliphatic carbocycles. The third-order valence-electron chi connectivity index (χ3n) is 2.89. The molecule has 1 N–H and O–H groups in total. The first kappa shape index (κ1) is 14.4. The Morgan fingerprint density at radius 2 is 2.15 bits per heavy atom. The fraction of sp³-hybridized carbons (Fsp3) is 0.400. The van der Waals surface area contributed by atoms with E-state index in [-0.39, 0.29) is 0 Å². The summed E-state index contributed by atoms with van der Waals surface area (Å²) in [5, 5.41) is 3.30. The largest absolute Gasteiger partial charge is 0.378 e. The maximum absolute atomic E-state index is 5.18. The molecule has 0 fully saturated rings. The predicted octanol–water partition coefficient (Wildman–Crippen LogP) is 2.82. The van der Waals surface area contributed by atoms with Gasteiger partial charge in [-0.1, -0.05) is 6.92 Å². The van der Waals surface area contributed by atoms with Gasteiger partial charge in [-0.15, -0.1) is 0 Å². The van der Waals surface area contributed by atoms with Crippen molar-refractivity contribution in [2.24, 2.45) is 0 Å². The van der Waals surface area contributed by atoms with Crippen molar-refractivity contribution in [3.63, 3.8) is 0 Å². The van der Waals surface area contributed by atoms with Crippen LogP contribution in [-0.2, 0) is 11.3 Å². The van der Waals surface area contributed by atoms with E-state index >= 15 is 0 Å². The maximum atomic E-state index is 5.18. The Kier molecular flexibility index (Phi) is 5.01. The average molecular weight is 272 g/mol. The topological polar surface area (TPSA) is 59.9 Å². The van der Waals surface area contributed by atoms with Crippen LogP contribution in [0.25, 0.3) is 11.4 Å². The second-order valence-electron chi connectivity index (χ2n) is 4.62. The molecule has 2 aromatic rings. The van der Waals surface area contributed by atoms with Crippen molar-refractivity contribution in [3.8, 4) is 11.4 Å². The third kappa shape index (κ3) is 3.51. The number of pyridine rings is 1. The van der Waals surface area contributed by atoms with Gasteiger partial charge in [-0.05, 0) is 25.0 Å². The van der Waals surface area contributed by atoms with Gasteiger partial charge in [0.25, 0.3) is 0 Å². The van der Waals surface area contributed by atoms with E-state index in [4.69, 9.17) is 4.74 Å². The Morgan fingerprint density at radius 1 is 1.30 bits per heavy atom. The van der Waals surface area contributed by atoms with Crippen LogP contribution in [0.15, 0.2) is 24.5 Å². The maximum Gasteiger partial charge on any atom is 0.162 e. The highest BCUT2D eigenvalue weighted by Crippen LogP contribution is 2.21. The van der Waals surface area contributed by atoms with E-state index in [1.807, 2.05) is 25.3 Å². The zero-order valence-corrected chi connectivity index (χ0v) is 12.2. The summed E-state index contributed by atoms with van der Waals surface area (Å²) < 4.78 is 5.18. The molecular weight excluding hydrogens is 252 g/mol. The smallest absolute Gasteiger partial charge is 0.162 e. The molecule has 0 atom stereocenters. The molecular formula is C15H20N4O.